The number of nitrogens with zero attached hydrogens (tertiary/aromatic N) is 4. The minimum atomic E-state index is -5.69. The Balaban J connectivity index is 1.15. The molecule has 2 unspecified atom stereocenters. The average Bonchev–Trinajstić information content (AvgIpc) is 3.70. The number of carbonyl (C=O) groups excluding carboxylic acids is 1. The molecule has 2 fully saturated rings. The van der Waals surface area contributed by atoms with Gasteiger partial charge in [0.05, 0.1) is 25.1 Å². The second kappa shape index (κ2) is 11.9. The van der Waals surface area contributed by atoms with Crippen molar-refractivity contribution in [1.29, 1.82) is 0 Å². The number of imidazole rings is 1. The number of nitrogen functional groups attached to an aromatic ring is 1. The summed E-state index contributed by atoms with van der Waals surface area (Å²) in [6.07, 6.45) is -9.06. The number of aromatic nitrogens is 4. The zero-order valence-electron chi connectivity index (χ0n) is 21.5. The molecule has 2 aliphatic rings. The number of furan rings is 1. The highest BCUT2D eigenvalue weighted by Crippen LogP contribution is 2.56. The number of primary amides is 1. The molecule has 10 atom stereocenters. The van der Waals surface area contributed by atoms with E-state index in [4.69, 9.17) is 25.4 Å². The third-order valence-electron chi connectivity index (χ3n) is 6.54. The van der Waals surface area contributed by atoms with Crippen molar-refractivity contribution in [3.63, 3.8) is 0 Å². The predicted molar refractivity (Wildman–Crippen MR) is 131 cm³/mol. The third-order valence-corrected chi connectivity index (χ3v) is 9.07. The molecule has 5 heterocycles. The predicted octanol–water partition coefficient (Wildman–Crippen LogP) is -3.43. The van der Waals surface area contributed by atoms with Gasteiger partial charge in [-0.25, -0.2) is 19.3 Å². The van der Waals surface area contributed by atoms with Gasteiger partial charge in [0.1, 0.15) is 66.6 Å². The highest BCUT2D eigenvalue weighted by atomic mass is 31.3. The van der Waals surface area contributed by atoms with E-state index >= 15 is 0 Å². The molecule has 23 heteroatoms. The molecule has 21 nitrogen and oxygen atoms in total. The Morgan fingerprint density at radius 1 is 0.977 bits per heavy atom. The Bertz CT molecular complexity index is 1580. The molecule has 0 aliphatic carbocycles. The number of phosphoric acid groups is 2. The van der Waals surface area contributed by atoms with Gasteiger partial charge >= 0.3 is 0 Å². The van der Waals surface area contributed by atoms with Gasteiger partial charge in [0.25, 0.3) is 21.6 Å². The molecule has 0 aromatic carbocycles. The van der Waals surface area contributed by atoms with Crippen LogP contribution < -0.4 is 21.3 Å². The average molecular weight is 650 g/mol. The van der Waals surface area contributed by atoms with Crippen LogP contribution in [-0.2, 0) is 32.0 Å². The monoisotopic (exact) mass is 650 g/mol. The van der Waals surface area contributed by atoms with Crippen molar-refractivity contribution in [3.05, 3.63) is 36.3 Å². The fourth-order valence-corrected chi connectivity index (χ4v) is 6.42. The SMILES string of the molecule is NC(=O)c1coc([C@@H]2O[C@H](COP(=O)([O-])OP(=O)([O-])OC[C@H]3O[C@@H](n4cnc5c(N)ncnc54)[C@H](O)[C@@H]3O)[C@@H](O)[C@H]2O)c1. The summed E-state index contributed by atoms with van der Waals surface area (Å²) in [5, 5.41) is 41.3. The lowest BCUT2D eigenvalue weighted by Crippen LogP contribution is -2.34. The van der Waals surface area contributed by atoms with Gasteiger partial charge in [-0.05, 0) is 6.07 Å². The first-order valence-electron chi connectivity index (χ1n) is 12.1. The minimum absolute atomic E-state index is 0.0340. The molecular formula is C20H24N6O15P2-2. The third kappa shape index (κ3) is 6.49. The summed E-state index contributed by atoms with van der Waals surface area (Å²) in [7, 11) is -11.4. The van der Waals surface area contributed by atoms with Gasteiger partial charge in [0, 0.05) is 0 Å². The van der Waals surface area contributed by atoms with E-state index in [0.29, 0.717) is 0 Å². The topological polar surface area (TPSA) is 333 Å². The van der Waals surface area contributed by atoms with E-state index in [-0.39, 0.29) is 28.3 Å². The van der Waals surface area contributed by atoms with Crippen molar-refractivity contribution in [1.82, 2.24) is 19.5 Å². The summed E-state index contributed by atoms with van der Waals surface area (Å²) >= 11 is 0. The van der Waals surface area contributed by atoms with E-state index in [1.54, 1.807) is 0 Å². The van der Waals surface area contributed by atoms with E-state index in [1.165, 1.54) is 10.9 Å². The van der Waals surface area contributed by atoms with Crippen LogP contribution in [0.4, 0.5) is 5.82 Å². The number of nitrogens with two attached hydrogens (primary N) is 2. The van der Waals surface area contributed by atoms with Gasteiger partial charge in [-0.15, -0.1) is 0 Å². The molecule has 1 amide bonds. The van der Waals surface area contributed by atoms with Crippen LogP contribution >= 0.6 is 15.6 Å². The maximum atomic E-state index is 12.2. The molecule has 3 aromatic heterocycles. The normalized spacial score (nSPS) is 32.1. The zero-order valence-corrected chi connectivity index (χ0v) is 23.2. The van der Waals surface area contributed by atoms with Crippen molar-refractivity contribution < 1.29 is 71.4 Å². The number of anilines is 1. The van der Waals surface area contributed by atoms with Crippen molar-refractivity contribution in [2.45, 2.75) is 49.0 Å². The summed E-state index contributed by atoms with van der Waals surface area (Å²) in [6, 6.07) is 1.15. The molecule has 0 radical (unpaired) electrons. The number of hydrogen-bond donors (Lipinski definition) is 6. The first-order valence-corrected chi connectivity index (χ1v) is 15.1. The maximum absolute atomic E-state index is 12.2. The molecule has 0 bridgehead atoms. The minimum Gasteiger partial charge on any atom is -0.756 e. The quantitative estimate of drug-likeness (QED) is 0.110. The van der Waals surface area contributed by atoms with E-state index in [9.17, 15) is 44.1 Å². The number of carbonyl (C=O) groups is 1. The number of rotatable bonds is 11. The Kier molecular flexibility index (Phi) is 8.73. The van der Waals surface area contributed by atoms with Crippen LogP contribution in [0, 0.1) is 0 Å². The molecule has 5 rings (SSSR count). The van der Waals surface area contributed by atoms with Crippen LogP contribution in [0.5, 0.6) is 0 Å². The molecule has 3 aromatic rings. The number of hydrogen-bond acceptors (Lipinski definition) is 19. The van der Waals surface area contributed by atoms with Crippen LogP contribution in [0.25, 0.3) is 11.2 Å². The van der Waals surface area contributed by atoms with Crippen LogP contribution in [0.2, 0.25) is 0 Å². The van der Waals surface area contributed by atoms with Gasteiger partial charge in [-0.2, -0.15) is 0 Å². The van der Waals surface area contributed by atoms with Gasteiger partial charge < -0.3 is 64.6 Å². The molecule has 2 saturated heterocycles. The molecule has 2 aliphatic heterocycles. The van der Waals surface area contributed by atoms with Crippen LogP contribution in [0.1, 0.15) is 28.5 Å². The summed E-state index contributed by atoms with van der Waals surface area (Å²) in [6.45, 7) is -2.00. The summed E-state index contributed by atoms with van der Waals surface area (Å²) in [5.41, 5.74) is 11.1. The van der Waals surface area contributed by atoms with E-state index in [1.807, 2.05) is 0 Å². The molecule has 236 valence electrons. The second-order valence-electron chi connectivity index (χ2n) is 9.38. The van der Waals surface area contributed by atoms with Crippen molar-refractivity contribution >= 4 is 38.5 Å². The Morgan fingerprint density at radius 3 is 2.23 bits per heavy atom. The first kappa shape index (κ1) is 31.5. The highest BCUT2D eigenvalue weighted by Gasteiger charge is 2.46. The summed E-state index contributed by atoms with van der Waals surface area (Å²) in [4.78, 5) is 47.5. The highest BCUT2D eigenvalue weighted by molar-refractivity contribution is 7.59. The fraction of sp³-hybridized carbons (Fsp3) is 0.500. The number of phosphoric ester groups is 2. The van der Waals surface area contributed by atoms with Gasteiger partial charge in [0.15, 0.2) is 17.7 Å². The van der Waals surface area contributed by atoms with Crippen LogP contribution in [-0.4, -0.2) is 95.7 Å². The number of aliphatic hydroxyl groups is 4. The van der Waals surface area contributed by atoms with Crippen LogP contribution in [0.15, 0.2) is 29.4 Å². The van der Waals surface area contributed by atoms with Crippen LogP contribution in [0.3, 0.4) is 0 Å². The number of ether oxygens (including phenoxy) is 2. The summed E-state index contributed by atoms with van der Waals surface area (Å²) < 4.78 is 54.6. The molecule has 0 spiro atoms. The molecular weight excluding hydrogens is 626 g/mol. The standard InChI is InChI=1S/C20H26N6O15P2/c21-17-11-19(24-5-23-17)26(6-25-11)20-15(30)13(28)10(40-20)4-38-43(34,35)41-42(32,33)37-3-9-12(27)14(29)16(39-9)8-1-7(2-36-8)18(22)31/h1-2,5-6,9-10,12-16,20,27-30H,3-4H2,(H2,22,31)(H,32,33)(H,34,35)(H2,21,23,24)/p-2/t9-,10-,12-,13-,14-,15-,16+,20-/m1/s1. The van der Waals surface area contributed by atoms with Gasteiger partial charge in [-0.3, -0.25) is 18.5 Å². The maximum Gasteiger partial charge on any atom is 0.274 e. The van der Waals surface area contributed by atoms with E-state index in [2.05, 4.69) is 28.3 Å². The largest absolute Gasteiger partial charge is 0.756 e. The van der Waals surface area contributed by atoms with Crippen molar-refractivity contribution in [2.75, 3.05) is 18.9 Å². The lowest BCUT2D eigenvalue weighted by molar-refractivity contribution is -0.246. The van der Waals surface area contributed by atoms with Crippen molar-refractivity contribution in [3.8, 4) is 0 Å². The molecule has 43 heavy (non-hydrogen) atoms. The number of fused-ring (bicyclic) bond motifs is 1. The fourth-order valence-electron chi connectivity index (χ4n) is 4.40. The molecule has 0 saturated carbocycles. The Labute approximate surface area is 239 Å². The zero-order chi connectivity index (χ0) is 31.3. The lowest BCUT2D eigenvalue weighted by Gasteiger charge is -2.32. The Morgan fingerprint density at radius 2 is 1.60 bits per heavy atom. The smallest absolute Gasteiger partial charge is 0.274 e. The lowest BCUT2D eigenvalue weighted by atomic mass is 10.1. The summed E-state index contributed by atoms with van der Waals surface area (Å²) in [5.74, 6) is -0.912. The van der Waals surface area contributed by atoms with E-state index in [0.717, 1.165) is 18.7 Å². The van der Waals surface area contributed by atoms with Gasteiger partial charge in [-0.1, -0.05) is 0 Å². The Hall–Kier alpha value is -2.88. The van der Waals surface area contributed by atoms with E-state index < -0.39 is 83.7 Å². The second-order valence-corrected chi connectivity index (χ2v) is 12.3. The molecule has 8 N–H and O–H groups in total. The first-order chi connectivity index (χ1) is 20.2. The van der Waals surface area contributed by atoms with Gasteiger partial charge in [0.2, 0.25) is 0 Å². The van der Waals surface area contributed by atoms with Crippen molar-refractivity contribution in [2.24, 2.45) is 5.73 Å². The number of aliphatic hydroxyl groups excluding tert-OH is 4. The number of amides is 1.